The van der Waals surface area contributed by atoms with Gasteiger partial charge in [-0.3, -0.25) is 0 Å². The molecule has 0 aliphatic carbocycles. The van der Waals surface area contributed by atoms with Crippen molar-refractivity contribution in [1.82, 2.24) is 0 Å². The average molecular weight is 215 g/mol. The van der Waals surface area contributed by atoms with E-state index in [1.165, 1.54) is 16.3 Å². The van der Waals surface area contributed by atoms with Crippen molar-refractivity contribution in [2.45, 2.75) is 6.92 Å². The summed E-state index contributed by atoms with van der Waals surface area (Å²) < 4.78 is 0. The van der Waals surface area contributed by atoms with E-state index in [4.69, 9.17) is 0 Å². The topological polar surface area (TPSA) is 0 Å². The van der Waals surface area contributed by atoms with Crippen molar-refractivity contribution in [3.8, 4) is 0 Å². The zero-order valence-corrected chi connectivity index (χ0v) is 10.4. The van der Waals surface area contributed by atoms with Gasteiger partial charge in [0.05, 0.1) is 0 Å². The zero-order chi connectivity index (χ0) is 8.55. The Hall–Kier alpha value is -0.374. The second-order valence-electron chi connectivity index (χ2n) is 3.08. The van der Waals surface area contributed by atoms with E-state index in [1.807, 2.05) is 0 Å². The van der Waals surface area contributed by atoms with Crippen molar-refractivity contribution in [3.63, 3.8) is 0 Å². The summed E-state index contributed by atoms with van der Waals surface area (Å²) in [6.07, 6.45) is 0. The molecule has 0 nitrogen and oxygen atoms in total. The number of hydrogen-bond donors (Lipinski definition) is 0. The maximum absolute atomic E-state index is 4.05. The van der Waals surface area contributed by atoms with Crippen LogP contribution in [0.2, 0.25) is 0 Å². The molecule has 0 bridgehead atoms. The summed E-state index contributed by atoms with van der Waals surface area (Å²) in [5, 5.41) is 2.53. The monoisotopic (exact) mass is 214 g/mol. The van der Waals surface area contributed by atoms with Crippen molar-refractivity contribution in [1.29, 1.82) is 0 Å². The Morgan fingerprint density at radius 1 is 1.00 bits per heavy atom. The molecule has 0 heterocycles. The van der Waals surface area contributed by atoms with Crippen LogP contribution in [0.5, 0.6) is 0 Å². The Kier molecular flexibility index (Phi) is 5.35. The molecule has 0 radical (unpaired) electrons. The molecular formula is C12H11ClMg. The molecule has 68 valence electrons. The van der Waals surface area contributed by atoms with Gasteiger partial charge in [0.25, 0.3) is 0 Å². The summed E-state index contributed by atoms with van der Waals surface area (Å²) in [6.45, 7) is 6.14. The van der Waals surface area contributed by atoms with Gasteiger partial charge in [-0.05, 0) is 0 Å². The van der Waals surface area contributed by atoms with Gasteiger partial charge in [0, 0.05) is 0 Å². The van der Waals surface area contributed by atoms with Crippen molar-refractivity contribution in [2.24, 2.45) is 0 Å². The summed E-state index contributed by atoms with van der Waals surface area (Å²) in [4.78, 5) is 0. The Labute approximate surface area is 107 Å². The molecule has 0 unspecified atom stereocenters. The molecule has 2 aromatic carbocycles. The predicted octanol–water partition coefficient (Wildman–Crippen LogP) is -0.0464. The third-order valence-corrected chi connectivity index (χ3v) is 2.27. The molecule has 2 heteroatoms. The van der Waals surface area contributed by atoms with Crippen LogP contribution in [0.4, 0.5) is 0 Å². The van der Waals surface area contributed by atoms with E-state index >= 15 is 0 Å². The molecule has 0 aliphatic heterocycles. The summed E-state index contributed by atoms with van der Waals surface area (Å²) in [5.74, 6) is 0. The van der Waals surface area contributed by atoms with E-state index in [-0.39, 0.29) is 35.5 Å². The van der Waals surface area contributed by atoms with Crippen molar-refractivity contribution >= 4 is 33.8 Å². The van der Waals surface area contributed by atoms with E-state index in [0.717, 1.165) is 5.56 Å². The van der Waals surface area contributed by atoms with E-state index < -0.39 is 0 Å². The average Bonchev–Trinajstić information content (AvgIpc) is 2.12. The minimum atomic E-state index is 0. The van der Waals surface area contributed by atoms with Crippen molar-refractivity contribution in [3.05, 3.63) is 54.4 Å². The number of fused-ring (bicyclic) bond motifs is 1. The van der Waals surface area contributed by atoms with Gasteiger partial charge in [0.1, 0.15) is 0 Å². The van der Waals surface area contributed by atoms with E-state index in [2.05, 4.69) is 50.2 Å². The molecule has 0 atom stereocenters. The van der Waals surface area contributed by atoms with Crippen LogP contribution in [0.25, 0.3) is 10.8 Å². The van der Waals surface area contributed by atoms with Gasteiger partial charge in [-0.15, -0.1) is 17.5 Å². The summed E-state index contributed by atoms with van der Waals surface area (Å²) in [7, 11) is 0. The Morgan fingerprint density at radius 3 is 2.36 bits per heavy atom. The smallest absolute Gasteiger partial charge is 1.00 e. The summed E-state index contributed by atoms with van der Waals surface area (Å²) in [5.41, 5.74) is 2.40. The quantitative estimate of drug-likeness (QED) is 0.427. The molecule has 2 rings (SSSR count). The van der Waals surface area contributed by atoms with Gasteiger partial charge in [-0.1, -0.05) is 36.6 Å². The number of rotatable bonds is 0. The van der Waals surface area contributed by atoms with Crippen LogP contribution < -0.4 is 12.4 Å². The predicted molar refractivity (Wildman–Crippen MR) is 58.9 cm³/mol. The van der Waals surface area contributed by atoms with Crippen LogP contribution in [-0.2, 0) is 0 Å². The molecular weight excluding hydrogens is 204 g/mol. The summed E-state index contributed by atoms with van der Waals surface area (Å²) in [6, 6.07) is 12.6. The molecule has 0 N–H and O–H groups in total. The molecule has 0 saturated carbocycles. The molecule has 0 aromatic heterocycles. The molecule has 2 aromatic rings. The minimum Gasteiger partial charge on any atom is -1.00 e. The SMILES string of the molecule is [CH2-]c1c(C)ccc2ccccc12.[Cl-].[Mg+2]. The normalized spacial score (nSPS) is 8.93. The van der Waals surface area contributed by atoms with E-state index in [9.17, 15) is 0 Å². The fourth-order valence-corrected chi connectivity index (χ4v) is 1.44. The number of benzene rings is 2. The van der Waals surface area contributed by atoms with Crippen LogP contribution in [0.1, 0.15) is 11.1 Å². The fraction of sp³-hybridized carbons (Fsp3) is 0.0833. The van der Waals surface area contributed by atoms with Crippen LogP contribution in [0.15, 0.2) is 36.4 Å². The maximum atomic E-state index is 4.05. The van der Waals surface area contributed by atoms with Crippen LogP contribution in [0, 0.1) is 13.8 Å². The molecule has 0 spiro atoms. The number of hydrogen-bond acceptors (Lipinski definition) is 0. The van der Waals surface area contributed by atoms with Gasteiger partial charge < -0.3 is 12.4 Å². The van der Waals surface area contributed by atoms with Crippen LogP contribution in [-0.4, -0.2) is 23.1 Å². The Bertz CT molecular complexity index is 424. The minimum absolute atomic E-state index is 0. The van der Waals surface area contributed by atoms with Crippen LogP contribution >= 0.6 is 0 Å². The number of halogens is 1. The van der Waals surface area contributed by atoms with E-state index in [1.54, 1.807) is 0 Å². The van der Waals surface area contributed by atoms with Gasteiger partial charge in [0.15, 0.2) is 0 Å². The molecule has 14 heavy (non-hydrogen) atoms. The third kappa shape index (κ3) is 2.35. The Balaban J connectivity index is 0.000000845. The van der Waals surface area contributed by atoms with Crippen molar-refractivity contribution < 1.29 is 12.4 Å². The number of aryl methyl sites for hydroxylation is 1. The Morgan fingerprint density at radius 2 is 1.64 bits per heavy atom. The van der Waals surface area contributed by atoms with Crippen LogP contribution in [0.3, 0.4) is 0 Å². The second kappa shape index (κ2) is 5.49. The maximum Gasteiger partial charge on any atom is 2.00 e. The molecule has 0 aliphatic rings. The first-order chi connectivity index (χ1) is 5.79. The van der Waals surface area contributed by atoms with Gasteiger partial charge >= 0.3 is 23.1 Å². The first kappa shape index (κ1) is 13.6. The van der Waals surface area contributed by atoms with Crippen molar-refractivity contribution in [2.75, 3.05) is 0 Å². The zero-order valence-electron chi connectivity index (χ0n) is 8.26. The largest absolute Gasteiger partial charge is 2.00 e. The van der Waals surface area contributed by atoms with E-state index in [0.29, 0.717) is 0 Å². The first-order valence-corrected chi connectivity index (χ1v) is 4.09. The fourth-order valence-electron chi connectivity index (χ4n) is 1.44. The second-order valence-corrected chi connectivity index (χ2v) is 3.08. The third-order valence-electron chi connectivity index (χ3n) is 2.27. The molecule has 0 amide bonds. The standard InChI is InChI=1S/C12H11.ClH.Mg/c1-9-7-8-11-5-3-4-6-12(11)10(9)2;;/h3-8H,2H2,1H3;1H;/q-1;;+2/p-1. The first-order valence-electron chi connectivity index (χ1n) is 4.09. The van der Waals surface area contributed by atoms with Gasteiger partial charge in [-0.25, -0.2) is 0 Å². The molecule has 0 saturated heterocycles. The van der Waals surface area contributed by atoms with Gasteiger partial charge in [0.2, 0.25) is 0 Å². The molecule has 0 fully saturated rings. The summed E-state index contributed by atoms with van der Waals surface area (Å²) >= 11 is 0. The van der Waals surface area contributed by atoms with Gasteiger partial charge in [-0.2, -0.15) is 18.1 Å².